The van der Waals surface area contributed by atoms with Gasteiger partial charge in [-0.25, -0.2) is 0 Å². The Kier molecular flexibility index (Phi) is 5.24. The van der Waals surface area contributed by atoms with Crippen LogP contribution in [0.15, 0.2) is 51.5 Å². The van der Waals surface area contributed by atoms with E-state index < -0.39 is 19.8 Å². The Morgan fingerprint density at radius 1 is 1.05 bits per heavy atom. The second-order valence-electron chi connectivity index (χ2n) is 4.74. The number of alkyl halides is 2. The first kappa shape index (κ1) is 17.4. The third kappa shape index (κ3) is 3.33. The molecule has 5 nitrogen and oxygen atoms in total. The number of hydrogen-bond donors (Lipinski definition) is 0. The topological polar surface area (TPSA) is 72.8 Å². The number of rotatable bonds is 3. The number of nitrogens with zero attached hydrogens (tertiary/aromatic N) is 1. The van der Waals surface area contributed by atoms with Crippen LogP contribution in [0.25, 0.3) is 0 Å². The van der Waals surface area contributed by atoms with Gasteiger partial charge in [0, 0.05) is 0 Å². The lowest BCUT2D eigenvalue weighted by atomic mass is 9.91. The second-order valence-corrected chi connectivity index (χ2v) is 8.24. The first-order valence-corrected chi connectivity index (χ1v) is 9.56. The van der Waals surface area contributed by atoms with Gasteiger partial charge in [-0.3, -0.25) is 9.08 Å². The van der Waals surface area contributed by atoms with Crippen LogP contribution in [0.2, 0.25) is 0 Å². The van der Waals surface area contributed by atoms with Crippen LogP contribution in [0.4, 0.5) is 0 Å². The summed E-state index contributed by atoms with van der Waals surface area (Å²) >= 11 is 6.62. The number of hydrogen-bond acceptors (Lipinski definition) is 5. The molecule has 0 radical (unpaired) electrons. The van der Waals surface area contributed by atoms with Crippen molar-refractivity contribution < 1.29 is 17.5 Å². The summed E-state index contributed by atoms with van der Waals surface area (Å²) in [5.74, 6) is -0.0655. The molecule has 118 valence electrons. The zero-order valence-electron chi connectivity index (χ0n) is 11.8. The van der Waals surface area contributed by atoms with E-state index >= 15 is 0 Å². The van der Waals surface area contributed by atoms with Crippen LogP contribution in [-0.2, 0) is 19.2 Å². The van der Waals surface area contributed by atoms with Gasteiger partial charge in [0.25, 0.3) is 0 Å². The van der Waals surface area contributed by atoms with Crippen molar-refractivity contribution in [2.24, 2.45) is 5.16 Å². The van der Waals surface area contributed by atoms with E-state index in [1.807, 2.05) is 0 Å². The number of oxime groups is 1. The molecule has 22 heavy (non-hydrogen) atoms. The number of Topliss-reactive ketones (excluding diaryl/α,β-unsaturated/α-hetero) is 1. The van der Waals surface area contributed by atoms with Gasteiger partial charge in [-0.2, -0.15) is 8.42 Å². The molecular formula is C14H13Br2NO4S. The number of benzene rings is 1. The summed E-state index contributed by atoms with van der Waals surface area (Å²) in [6, 6.07) is 7.75. The Balaban J connectivity index is 2.36. The lowest BCUT2D eigenvalue weighted by Gasteiger charge is -2.25. The van der Waals surface area contributed by atoms with Crippen LogP contribution in [0.1, 0.15) is 13.8 Å². The minimum atomic E-state index is -3.99. The largest absolute Gasteiger partial charge is 0.358 e. The SMILES string of the molecule is CC1=C(C)C(=NOS(=O)(=O)c2ccccc2)C(Br)C(Br)C1=O. The Morgan fingerprint density at radius 3 is 2.23 bits per heavy atom. The average molecular weight is 451 g/mol. The van der Waals surface area contributed by atoms with E-state index in [4.69, 9.17) is 4.28 Å². The Morgan fingerprint density at radius 2 is 1.64 bits per heavy atom. The molecule has 0 amide bonds. The van der Waals surface area contributed by atoms with Crippen molar-refractivity contribution in [2.45, 2.75) is 28.4 Å². The molecule has 0 N–H and O–H groups in total. The van der Waals surface area contributed by atoms with E-state index in [0.717, 1.165) is 0 Å². The van der Waals surface area contributed by atoms with E-state index in [1.54, 1.807) is 32.0 Å². The van der Waals surface area contributed by atoms with Gasteiger partial charge in [-0.1, -0.05) is 55.2 Å². The molecule has 0 heterocycles. The molecule has 2 rings (SSSR count). The van der Waals surface area contributed by atoms with Gasteiger partial charge in [0.15, 0.2) is 5.78 Å². The molecule has 0 fully saturated rings. The van der Waals surface area contributed by atoms with Crippen LogP contribution in [0.3, 0.4) is 0 Å². The normalized spacial score (nSPS) is 24.7. The predicted octanol–water partition coefficient (Wildman–Crippen LogP) is 3.19. The van der Waals surface area contributed by atoms with Gasteiger partial charge in [0.1, 0.15) is 4.90 Å². The second kappa shape index (κ2) is 6.64. The number of ketones is 1. The van der Waals surface area contributed by atoms with Crippen molar-refractivity contribution in [3.63, 3.8) is 0 Å². The summed E-state index contributed by atoms with van der Waals surface area (Å²) in [6.45, 7) is 3.38. The van der Waals surface area contributed by atoms with Crippen LogP contribution < -0.4 is 0 Å². The van der Waals surface area contributed by atoms with Gasteiger partial charge in [0.05, 0.1) is 15.4 Å². The molecule has 0 saturated carbocycles. The standard InChI is InChI=1S/C14H13Br2NO4S/c1-8-9(2)14(18)12(16)11(15)13(8)17-21-22(19,20)10-6-4-3-5-7-10/h3-7,11-12H,1-2H3. The molecule has 2 unspecified atom stereocenters. The van der Waals surface area contributed by atoms with E-state index in [2.05, 4.69) is 37.0 Å². The minimum absolute atomic E-state index is 0.0195. The molecule has 1 aromatic carbocycles. The number of halogens is 2. The monoisotopic (exact) mass is 449 g/mol. The fraction of sp³-hybridized carbons (Fsp3) is 0.286. The van der Waals surface area contributed by atoms with E-state index in [0.29, 0.717) is 16.9 Å². The summed E-state index contributed by atoms with van der Waals surface area (Å²) < 4.78 is 28.9. The third-order valence-corrected chi connectivity index (χ3v) is 7.09. The van der Waals surface area contributed by atoms with Crippen LogP contribution in [-0.4, -0.2) is 29.6 Å². The highest BCUT2D eigenvalue weighted by Gasteiger charge is 2.36. The number of allylic oxidation sites excluding steroid dienone is 2. The van der Waals surface area contributed by atoms with E-state index in [9.17, 15) is 13.2 Å². The maximum Gasteiger partial charge on any atom is 0.358 e. The molecule has 0 saturated heterocycles. The van der Waals surface area contributed by atoms with Gasteiger partial charge < -0.3 is 0 Å². The maximum absolute atomic E-state index is 12.1. The highest BCUT2D eigenvalue weighted by molar-refractivity contribution is 9.12. The smallest absolute Gasteiger partial charge is 0.293 e. The number of carbonyl (C=O) groups excluding carboxylic acids is 1. The average Bonchev–Trinajstić information content (AvgIpc) is 2.52. The first-order valence-electron chi connectivity index (χ1n) is 6.32. The van der Waals surface area contributed by atoms with Crippen LogP contribution in [0.5, 0.6) is 0 Å². The van der Waals surface area contributed by atoms with E-state index in [-0.39, 0.29) is 10.7 Å². The van der Waals surface area contributed by atoms with Crippen LogP contribution in [0, 0.1) is 0 Å². The number of carbonyl (C=O) groups is 1. The molecule has 8 heteroatoms. The minimum Gasteiger partial charge on any atom is -0.293 e. The summed E-state index contributed by atoms with van der Waals surface area (Å²) in [6.07, 6.45) is 0. The zero-order valence-corrected chi connectivity index (χ0v) is 15.8. The van der Waals surface area contributed by atoms with Crippen molar-refractivity contribution in [3.05, 3.63) is 41.5 Å². The van der Waals surface area contributed by atoms with Crippen molar-refractivity contribution in [2.75, 3.05) is 0 Å². The highest BCUT2D eigenvalue weighted by Crippen LogP contribution is 2.30. The lowest BCUT2D eigenvalue weighted by molar-refractivity contribution is -0.114. The van der Waals surface area contributed by atoms with Crippen molar-refractivity contribution in [3.8, 4) is 0 Å². The predicted molar refractivity (Wildman–Crippen MR) is 91.0 cm³/mol. The third-order valence-electron chi connectivity index (χ3n) is 3.35. The lowest BCUT2D eigenvalue weighted by Crippen LogP contribution is -2.38. The molecular weight excluding hydrogens is 438 g/mol. The van der Waals surface area contributed by atoms with Gasteiger partial charge in [0.2, 0.25) is 0 Å². The van der Waals surface area contributed by atoms with Crippen molar-refractivity contribution in [1.29, 1.82) is 0 Å². The molecule has 1 aliphatic carbocycles. The maximum atomic E-state index is 12.1. The van der Waals surface area contributed by atoms with Crippen molar-refractivity contribution in [1.82, 2.24) is 0 Å². The summed E-state index contributed by atoms with van der Waals surface area (Å²) in [4.78, 5) is 11.0. The zero-order chi connectivity index (χ0) is 16.5. The highest BCUT2D eigenvalue weighted by atomic mass is 79.9. The van der Waals surface area contributed by atoms with Gasteiger partial charge >= 0.3 is 10.1 Å². The fourth-order valence-electron chi connectivity index (χ4n) is 1.90. The molecule has 0 spiro atoms. The molecule has 1 aromatic rings. The van der Waals surface area contributed by atoms with Crippen LogP contribution >= 0.6 is 31.9 Å². The molecule has 2 atom stereocenters. The fourth-order valence-corrected chi connectivity index (χ4v) is 3.92. The molecule has 0 bridgehead atoms. The van der Waals surface area contributed by atoms with Crippen molar-refractivity contribution >= 4 is 53.5 Å². The Bertz CT molecular complexity index is 756. The van der Waals surface area contributed by atoms with Gasteiger partial charge in [-0.15, -0.1) is 0 Å². The summed E-state index contributed by atoms with van der Waals surface area (Å²) in [5.41, 5.74) is 1.50. The summed E-state index contributed by atoms with van der Waals surface area (Å²) in [5, 5.41) is 3.77. The molecule has 0 aliphatic heterocycles. The first-order chi connectivity index (χ1) is 10.3. The van der Waals surface area contributed by atoms with E-state index in [1.165, 1.54) is 12.1 Å². The Labute approximate surface area is 145 Å². The summed E-state index contributed by atoms with van der Waals surface area (Å²) in [7, 11) is -3.99. The van der Waals surface area contributed by atoms with Gasteiger partial charge in [-0.05, 0) is 37.1 Å². The Hall–Kier alpha value is -0.990. The molecule has 1 aliphatic rings. The molecule has 0 aromatic heterocycles. The quantitative estimate of drug-likeness (QED) is 0.523.